The summed E-state index contributed by atoms with van der Waals surface area (Å²) in [6, 6.07) is 9.74. The Morgan fingerprint density at radius 1 is 1.19 bits per heavy atom. The van der Waals surface area contributed by atoms with Crippen LogP contribution < -0.4 is 14.8 Å². The fourth-order valence-corrected chi connectivity index (χ4v) is 3.04. The first-order valence-electron chi connectivity index (χ1n) is 6.71. The minimum absolute atomic E-state index is 0.0384. The highest BCUT2D eigenvalue weighted by Gasteiger charge is 2.20. The molecule has 1 aliphatic rings. The lowest BCUT2D eigenvalue weighted by atomic mass is 10.2. The molecule has 0 amide bonds. The van der Waals surface area contributed by atoms with Crippen LogP contribution in [0.15, 0.2) is 42.0 Å². The molecule has 5 nitrogen and oxygen atoms in total. The van der Waals surface area contributed by atoms with Crippen LogP contribution in [0.5, 0.6) is 11.5 Å². The van der Waals surface area contributed by atoms with Gasteiger partial charge in [-0.05, 0) is 23.6 Å². The molecular weight excluding hydrogens is 286 g/mol. The first kappa shape index (κ1) is 12.4. The number of anilines is 1. The number of aromatic nitrogens is 2. The van der Waals surface area contributed by atoms with Gasteiger partial charge >= 0.3 is 0 Å². The van der Waals surface area contributed by atoms with Gasteiger partial charge in [0, 0.05) is 0 Å². The Kier molecular flexibility index (Phi) is 3.08. The molecule has 1 N–H and O–H groups in total. The molecule has 0 aliphatic carbocycles. The first-order valence-corrected chi connectivity index (χ1v) is 7.59. The Balaban J connectivity index is 1.47. The van der Waals surface area contributed by atoms with Gasteiger partial charge in [-0.15, -0.1) is 11.3 Å². The van der Waals surface area contributed by atoms with Crippen LogP contribution in [0.3, 0.4) is 0 Å². The van der Waals surface area contributed by atoms with Gasteiger partial charge < -0.3 is 14.8 Å². The maximum Gasteiger partial charge on any atom is 0.161 e. The van der Waals surface area contributed by atoms with Crippen LogP contribution >= 0.6 is 11.3 Å². The van der Waals surface area contributed by atoms with Crippen molar-refractivity contribution in [2.45, 2.75) is 6.10 Å². The zero-order valence-corrected chi connectivity index (χ0v) is 12.0. The van der Waals surface area contributed by atoms with E-state index in [0.717, 1.165) is 27.5 Å². The van der Waals surface area contributed by atoms with Gasteiger partial charge in [-0.1, -0.05) is 12.1 Å². The quantitative estimate of drug-likeness (QED) is 0.806. The van der Waals surface area contributed by atoms with Gasteiger partial charge in [0.15, 0.2) is 11.5 Å². The first-order chi connectivity index (χ1) is 10.4. The topological polar surface area (TPSA) is 56.3 Å². The second kappa shape index (κ2) is 5.21. The Hall–Kier alpha value is -2.34. The molecule has 6 heteroatoms. The van der Waals surface area contributed by atoms with Crippen molar-refractivity contribution < 1.29 is 9.47 Å². The molecule has 0 bridgehead atoms. The number of hydrogen-bond donors (Lipinski definition) is 1. The van der Waals surface area contributed by atoms with Crippen molar-refractivity contribution in [3.63, 3.8) is 0 Å². The van der Waals surface area contributed by atoms with E-state index in [4.69, 9.17) is 9.47 Å². The molecule has 4 rings (SSSR count). The molecule has 1 aliphatic heterocycles. The summed E-state index contributed by atoms with van der Waals surface area (Å²) in [5.41, 5.74) is 0. The average Bonchev–Trinajstić information content (AvgIpc) is 3.02. The summed E-state index contributed by atoms with van der Waals surface area (Å²) in [5.74, 6) is 2.43. The van der Waals surface area contributed by atoms with Gasteiger partial charge in [-0.2, -0.15) is 0 Å². The zero-order valence-electron chi connectivity index (χ0n) is 11.2. The molecule has 0 spiro atoms. The molecular formula is C15H13N3O2S. The molecule has 0 saturated carbocycles. The van der Waals surface area contributed by atoms with Crippen molar-refractivity contribution in [3.05, 3.63) is 42.0 Å². The third-order valence-corrected chi connectivity index (χ3v) is 4.15. The number of benzene rings is 1. The minimum atomic E-state index is -0.0384. The number of thiophene rings is 1. The summed E-state index contributed by atoms with van der Waals surface area (Å²) in [6.45, 7) is 1.16. The van der Waals surface area contributed by atoms with Gasteiger partial charge in [-0.3, -0.25) is 0 Å². The summed E-state index contributed by atoms with van der Waals surface area (Å²) in [6.07, 6.45) is 1.54. The molecule has 3 heterocycles. The molecule has 3 aromatic rings. The minimum Gasteiger partial charge on any atom is -0.486 e. The van der Waals surface area contributed by atoms with Gasteiger partial charge in [0.2, 0.25) is 0 Å². The summed E-state index contributed by atoms with van der Waals surface area (Å²) < 4.78 is 11.6. The van der Waals surface area contributed by atoms with Crippen molar-refractivity contribution in [2.75, 3.05) is 18.5 Å². The standard InChI is InChI=1S/C15H13N3O2S/c1-2-4-13-12(3-1)19-8-10(20-13)7-16-14-11-5-6-21-15(11)18-9-17-14/h1-6,9-10H,7-8H2,(H,16,17,18)/t10-/m0/s1. The van der Waals surface area contributed by atoms with E-state index in [0.29, 0.717) is 13.2 Å². The molecule has 0 unspecified atom stereocenters. The summed E-state index contributed by atoms with van der Waals surface area (Å²) >= 11 is 1.61. The molecule has 1 atom stereocenters. The summed E-state index contributed by atoms with van der Waals surface area (Å²) in [7, 11) is 0. The van der Waals surface area contributed by atoms with Crippen LogP contribution in [0.1, 0.15) is 0 Å². The molecule has 0 fully saturated rings. The number of nitrogens with zero attached hydrogens (tertiary/aromatic N) is 2. The maximum absolute atomic E-state index is 5.92. The van der Waals surface area contributed by atoms with Crippen LogP contribution in [0, 0.1) is 0 Å². The maximum atomic E-state index is 5.92. The highest BCUT2D eigenvalue weighted by molar-refractivity contribution is 7.16. The largest absolute Gasteiger partial charge is 0.486 e. The van der Waals surface area contributed by atoms with Crippen LogP contribution in [0.25, 0.3) is 10.2 Å². The molecule has 106 valence electrons. The lowest BCUT2D eigenvalue weighted by molar-refractivity contribution is 0.0997. The van der Waals surface area contributed by atoms with E-state index in [1.54, 1.807) is 17.7 Å². The number of hydrogen-bond acceptors (Lipinski definition) is 6. The smallest absolute Gasteiger partial charge is 0.161 e. The van der Waals surface area contributed by atoms with E-state index in [1.165, 1.54) is 0 Å². The fourth-order valence-electron chi connectivity index (χ4n) is 2.31. The van der Waals surface area contributed by atoms with E-state index < -0.39 is 0 Å². The Bertz CT molecular complexity index is 774. The van der Waals surface area contributed by atoms with Gasteiger partial charge in [0.25, 0.3) is 0 Å². The second-order valence-corrected chi connectivity index (χ2v) is 5.63. The molecule has 0 saturated heterocycles. The highest BCUT2D eigenvalue weighted by Crippen LogP contribution is 2.31. The lowest BCUT2D eigenvalue weighted by Crippen LogP contribution is -2.35. The second-order valence-electron chi connectivity index (χ2n) is 4.74. The predicted molar refractivity (Wildman–Crippen MR) is 82.3 cm³/mol. The molecule has 2 aromatic heterocycles. The molecule has 0 radical (unpaired) electrons. The number of para-hydroxylation sites is 2. The SMILES string of the molecule is c1ccc2c(c1)OC[C@H](CNc1ncnc3sccc13)O2. The van der Waals surface area contributed by atoms with Crippen molar-refractivity contribution >= 4 is 27.4 Å². The van der Waals surface area contributed by atoms with Crippen molar-refractivity contribution in [1.29, 1.82) is 0 Å². The highest BCUT2D eigenvalue weighted by atomic mass is 32.1. The number of fused-ring (bicyclic) bond motifs is 2. The van der Waals surface area contributed by atoms with E-state index >= 15 is 0 Å². The average molecular weight is 299 g/mol. The van der Waals surface area contributed by atoms with Crippen LogP contribution in [-0.4, -0.2) is 29.2 Å². The van der Waals surface area contributed by atoms with Gasteiger partial charge in [0.05, 0.1) is 11.9 Å². The predicted octanol–water partition coefficient (Wildman–Crippen LogP) is 2.94. The van der Waals surface area contributed by atoms with E-state index in [9.17, 15) is 0 Å². The lowest BCUT2D eigenvalue weighted by Gasteiger charge is -2.26. The van der Waals surface area contributed by atoms with Gasteiger partial charge in [0.1, 0.15) is 29.7 Å². The van der Waals surface area contributed by atoms with E-state index in [2.05, 4.69) is 15.3 Å². The summed E-state index contributed by atoms with van der Waals surface area (Å²) in [4.78, 5) is 9.52. The molecule has 21 heavy (non-hydrogen) atoms. The third kappa shape index (κ3) is 2.38. The zero-order chi connectivity index (χ0) is 14.1. The van der Waals surface area contributed by atoms with Crippen LogP contribution in [-0.2, 0) is 0 Å². The Morgan fingerprint density at radius 2 is 2.10 bits per heavy atom. The third-order valence-electron chi connectivity index (χ3n) is 3.33. The van der Waals surface area contributed by atoms with E-state index in [-0.39, 0.29) is 6.10 Å². The van der Waals surface area contributed by atoms with Gasteiger partial charge in [-0.25, -0.2) is 9.97 Å². The molecule has 1 aromatic carbocycles. The van der Waals surface area contributed by atoms with Crippen LogP contribution in [0.4, 0.5) is 5.82 Å². The summed E-state index contributed by atoms with van der Waals surface area (Å²) in [5, 5.41) is 6.38. The van der Waals surface area contributed by atoms with Crippen molar-refractivity contribution in [2.24, 2.45) is 0 Å². The van der Waals surface area contributed by atoms with Crippen LogP contribution in [0.2, 0.25) is 0 Å². The fraction of sp³-hybridized carbons (Fsp3) is 0.200. The number of ether oxygens (including phenoxy) is 2. The normalized spacial score (nSPS) is 16.9. The Labute approximate surface area is 125 Å². The number of rotatable bonds is 3. The van der Waals surface area contributed by atoms with Crippen molar-refractivity contribution in [1.82, 2.24) is 9.97 Å². The Morgan fingerprint density at radius 3 is 3.05 bits per heavy atom. The number of nitrogens with one attached hydrogen (secondary N) is 1. The monoisotopic (exact) mass is 299 g/mol. The van der Waals surface area contributed by atoms with E-state index in [1.807, 2.05) is 35.7 Å². The van der Waals surface area contributed by atoms with Crippen molar-refractivity contribution in [3.8, 4) is 11.5 Å².